The number of nitrogens with two attached hydrogens (primary N) is 1. The summed E-state index contributed by atoms with van der Waals surface area (Å²) < 4.78 is 40.4. The number of ether oxygens (including phenoxy) is 1. The van der Waals surface area contributed by atoms with E-state index in [2.05, 4.69) is 10.1 Å². The molecular weight excluding hydrogens is 233 g/mol. The van der Waals surface area contributed by atoms with Gasteiger partial charge in [0.05, 0.1) is 5.69 Å². The quantitative estimate of drug-likeness (QED) is 0.861. The topological polar surface area (TPSA) is 47.3 Å². The Kier molecular flexibility index (Phi) is 3.15. The molecule has 0 aliphatic heterocycles. The molecule has 94 valence electrons. The Bertz CT molecular complexity index is 389. The van der Waals surface area contributed by atoms with Crippen molar-refractivity contribution in [3.8, 4) is 5.75 Å². The second-order valence-corrected chi connectivity index (χ2v) is 4.12. The summed E-state index contributed by atoms with van der Waals surface area (Å²) in [6.45, 7) is 0. The molecule has 1 aromatic rings. The number of benzene rings is 1. The van der Waals surface area contributed by atoms with Gasteiger partial charge in [0.15, 0.2) is 5.75 Å². The summed E-state index contributed by atoms with van der Waals surface area (Å²) in [5, 5.41) is 2.99. The molecule has 1 aromatic carbocycles. The SMILES string of the molecule is NC1CC(Nc2ccccc2OC(F)(F)F)C1. The molecule has 0 unspecified atom stereocenters. The first-order chi connectivity index (χ1) is 7.94. The number of halogens is 3. The van der Waals surface area contributed by atoms with Gasteiger partial charge in [-0.2, -0.15) is 0 Å². The molecule has 0 bridgehead atoms. The van der Waals surface area contributed by atoms with E-state index in [-0.39, 0.29) is 17.8 Å². The minimum atomic E-state index is -4.67. The van der Waals surface area contributed by atoms with Crippen LogP contribution in [0.4, 0.5) is 18.9 Å². The zero-order valence-electron chi connectivity index (χ0n) is 9.00. The second kappa shape index (κ2) is 4.44. The third-order valence-electron chi connectivity index (χ3n) is 2.65. The highest BCUT2D eigenvalue weighted by Gasteiger charge is 2.33. The van der Waals surface area contributed by atoms with Gasteiger partial charge in [-0.3, -0.25) is 0 Å². The Hall–Kier alpha value is -1.43. The van der Waals surface area contributed by atoms with Crippen LogP contribution >= 0.6 is 0 Å². The van der Waals surface area contributed by atoms with Gasteiger partial charge in [0.25, 0.3) is 0 Å². The summed E-state index contributed by atoms with van der Waals surface area (Å²) in [7, 11) is 0. The molecule has 0 aromatic heterocycles. The molecule has 1 aliphatic rings. The number of nitrogens with one attached hydrogen (secondary N) is 1. The van der Waals surface area contributed by atoms with Gasteiger partial charge in [-0.15, -0.1) is 13.2 Å². The van der Waals surface area contributed by atoms with Crippen molar-refractivity contribution < 1.29 is 17.9 Å². The van der Waals surface area contributed by atoms with Crippen LogP contribution in [0.1, 0.15) is 12.8 Å². The average Bonchev–Trinajstić information content (AvgIpc) is 2.16. The van der Waals surface area contributed by atoms with Crippen LogP contribution in [0.2, 0.25) is 0 Å². The van der Waals surface area contributed by atoms with Crippen molar-refractivity contribution in [1.29, 1.82) is 0 Å². The van der Waals surface area contributed by atoms with Crippen LogP contribution in [0.3, 0.4) is 0 Å². The molecule has 1 fully saturated rings. The summed E-state index contributed by atoms with van der Waals surface area (Å²) >= 11 is 0. The number of hydrogen-bond donors (Lipinski definition) is 2. The van der Waals surface area contributed by atoms with Gasteiger partial charge in [0.1, 0.15) is 0 Å². The Balaban J connectivity index is 2.05. The van der Waals surface area contributed by atoms with Crippen molar-refractivity contribution in [3.63, 3.8) is 0 Å². The largest absolute Gasteiger partial charge is 0.573 e. The van der Waals surface area contributed by atoms with Crippen LogP contribution < -0.4 is 15.8 Å². The Labute approximate surface area is 96.8 Å². The smallest absolute Gasteiger partial charge is 0.404 e. The maximum absolute atomic E-state index is 12.1. The first kappa shape index (κ1) is 12.0. The van der Waals surface area contributed by atoms with E-state index in [1.165, 1.54) is 12.1 Å². The lowest BCUT2D eigenvalue weighted by atomic mass is 9.87. The van der Waals surface area contributed by atoms with Crippen molar-refractivity contribution in [2.24, 2.45) is 5.73 Å². The number of anilines is 1. The predicted octanol–water partition coefficient (Wildman–Crippen LogP) is 2.49. The maximum atomic E-state index is 12.1. The van der Waals surface area contributed by atoms with E-state index < -0.39 is 6.36 Å². The fourth-order valence-corrected chi connectivity index (χ4v) is 1.80. The van der Waals surface area contributed by atoms with Gasteiger partial charge in [0.2, 0.25) is 0 Å². The molecule has 1 saturated carbocycles. The van der Waals surface area contributed by atoms with E-state index in [4.69, 9.17) is 5.73 Å². The van der Waals surface area contributed by atoms with E-state index >= 15 is 0 Å². The standard InChI is InChI=1S/C11H13F3N2O/c12-11(13,14)17-10-4-2-1-3-9(10)16-8-5-7(15)6-8/h1-4,7-8,16H,5-6,15H2. The molecule has 0 atom stereocenters. The van der Waals surface area contributed by atoms with Gasteiger partial charge >= 0.3 is 6.36 Å². The lowest BCUT2D eigenvalue weighted by Crippen LogP contribution is -2.44. The zero-order chi connectivity index (χ0) is 12.5. The van der Waals surface area contributed by atoms with Crippen LogP contribution in [-0.4, -0.2) is 18.4 Å². The van der Waals surface area contributed by atoms with E-state index in [9.17, 15) is 13.2 Å². The first-order valence-electron chi connectivity index (χ1n) is 5.31. The van der Waals surface area contributed by atoms with Gasteiger partial charge in [-0.1, -0.05) is 12.1 Å². The molecule has 0 heterocycles. The first-order valence-corrected chi connectivity index (χ1v) is 5.31. The van der Waals surface area contributed by atoms with Crippen LogP contribution in [0.15, 0.2) is 24.3 Å². The van der Waals surface area contributed by atoms with E-state index in [0.29, 0.717) is 5.69 Å². The second-order valence-electron chi connectivity index (χ2n) is 4.12. The third kappa shape index (κ3) is 3.26. The lowest BCUT2D eigenvalue weighted by Gasteiger charge is -2.34. The average molecular weight is 246 g/mol. The van der Waals surface area contributed by atoms with Crippen molar-refractivity contribution in [2.75, 3.05) is 5.32 Å². The van der Waals surface area contributed by atoms with Crippen LogP contribution in [0, 0.1) is 0 Å². The van der Waals surface area contributed by atoms with Gasteiger partial charge in [-0.25, -0.2) is 0 Å². The minimum Gasteiger partial charge on any atom is -0.404 e. The number of para-hydroxylation sites is 2. The van der Waals surface area contributed by atoms with Crippen molar-refractivity contribution in [2.45, 2.75) is 31.3 Å². The number of rotatable bonds is 3. The summed E-state index contributed by atoms with van der Waals surface area (Å²) in [5.74, 6) is -0.208. The molecular formula is C11H13F3N2O. The van der Waals surface area contributed by atoms with Crippen molar-refractivity contribution >= 4 is 5.69 Å². The summed E-state index contributed by atoms with van der Waals surface area (Å²) in [4.78, 5) is 0. The van der Waals surface area contributed by atoms with E-state index in [1.807, 2.05) is 0 Å². The Morgan fingerprint density at radius 2 is 1.88 bits per heavy atom. The molecule has 2 rings (SSSR count). The highest BCUT2D eigenvalue weighted by molar-refractivity contribution is 5.57. The van der Waals surface area contributed by atoms with Gasteiger partial charge < -0.3 is 15.8 Å². The Morgan fingerprint density at radius 3 is 2.47 bits per heavy atom. The third-order valence-corrected chi connectivity index (χ3v) is 2.65. The van der Waals surface area contributed by atoms with Crippen molar-refractivity contribution in [1.82, 2.24) is 0 Å². The maximum Gasteiger partial charge on any atom is 0.573 e. The molecule has 6 heteroatoms. The van der Waals surface area contributed by atoms with E-state index in [1.54, 1.807) is 12.1 Å². The fourth-order valence-electron chi connectivity index (χ4n) is 1.80. The van der Waals surface area contributed by atoms with Crippen LogP contribution in [0.25, 0.3) is 0 Å². The fraction of sp³-hybridized carbons (Fsp3) is 0.455. The normalized spacial score (nSPS) is 24.0. The molecule has 0 radical (unpaired) electrons. The van der Waals surface area contributed by atoms with Crippen molar-refractivity contribution in [3.05, 3.63) is 24.3 Å². The Morgan fingerprint density at radius 1 is 1.24 bits per heavy atom. The minimum absolute atomic E-state index is 0.128. The molecule has 1 aliphatic carbocycles. The van der Waals surface area contributed by atoms with Crippen LogP contribution in [-0.2, 0) is 0 Å². The molecule has 17 heavy (non-hydrogen) atoms. The highest BCUT2D eigenvalue weighted by atomic mass is 19.4. The molecule has 0 spiro atoms. The highest BCUT2D eigenvalue weighted by Crippen LogP contribution is 2.32. The molecule has 0 saturated heterocycles. The van der Waals surface area contributed by atoms with Gasteiger partial charge in [0, 0.05) is 12.1 Å². The monoisotopic (exact) mass is 246 g/mol. The molecule has 0 amide bonds. The lowest BCUT2D eigenvalue weighted by molar-refractivity contribution is -0.274. The van der Waals surface area contributed by atoms with Crippen LogP contribution in [0.5, 0.6) is 5.75 Å². The summed E-state index contributed by atoms with van der Waals surface area (Å²) in [6.07, 6.45) is -3.14. The predicted molar refractivity (Wildman–Crippen MR) is 57.7 cm³/mol. The summed E-state index contributed by atoms with van der Waals surface area (Å²) in [5.41, 5.74) is 5.96. The van der Waals surface area contributed by atoms with E-state index in [0.717, 1.165) is 12.8 Å². The zero-order valence-corrected chi connectivity index (χ0v) is 9.00. The van der Waals surface area contributed by atoms with Gasteiger partial charge in [-0.05, 0) is 25.0 Å². The number of hydrogen-bond acceptors (Lipinski definition) is 3. The molecule has 3 N–H and O–H groups in total. The summed E-state index contributed by atoms with van der Waals surface area (Å²) in [6, 6.07) is 6.27. The molecule has 3 nitrogen and oxygen atoms in total. The number of alkyl halides is 3.